The molecule has 1 aromatic heterocycles. The minimum absolute atomic E-state index is 0.196. The molecule has 27 heavy (non-hydrogen) atoms. The van der Waals surface area contributed by atoms with E-state index < -0.39 is 10.0 Å². The van der Waals surface area contributed by atoms with Crippen molar-refractivity contribution in [1.82, 2.24) is 9.99 Å². The Morgan fingerprint density at radius 1 is 1.19 bits per heavy atom. The van der Waals surface area contributed by atoms with Gasteiger partial charge in [0, 0.05) is 35.4 Å². The van der Waals surface area contributed by atoms with Gasteiger partial charge in [-0.1, -0.05) is 18.2 Å². The van der Waals surface area contributed by atoms with Crippen molar-refractivity contribution in [3.05, 3.63) is 60.3 Å². The molecule has 0 saturated heterocycles. The maximum atomic E-state index is 12.6. The van der Waals surface area contributed by atoms with Crippen molar-refractivity contribution < 1.29 is 8.42 Å². The van der Waals surface area contributed by atoms with Gasteiger partial charge in [-0.3, -0.25) is 10.1 Å². The average molecular weight is 384 g/mol. The van der Waals surface area contributed by atoms with Gasteiger partial charge in [0.05, 0.1) is 10.6 Å². The summed E-state index contributed by atoms with van der Waals surface area (Å²) in [7, 11) is -1.78. The van der Waals surface area contributed by atoms with Crippen molar-refractivity contribution in [3.63, 3.8) is 0 Å². The maximum absolute atomic E-state index is 12.6. The third kappa shape index (κ3) is 3.93. The third-order valence-corrected chi connectivity index (χ3v) is 5.43. The van der Waals surface area contributed by atoms with E-state index in [1.54, 1.807) is 49.4 Å². The number of hydrazone groups is 1. The minimum Gasteiger partial charge on any atom is -0.369 e. The van der Waals surface area contributed by atoms with Gasteiger partial charge in [-0.25, -0.2) is 13.8 Å². The molecule has 0 unspecified atom stereocenters. The largest absolute Gasteiger partial charge is 0.369 e. The molecule has 3 aromatic rings. The number of benzene rings is 2. The Bertz CT molecular complexity index is 1130. The van der Waals surface area contributed by atoms with Gasteiger partial charge in [-0.05, 0) is 37.3 Å². The number of nitrogens with one attached hydrogen (secondary N) is 3. The van der Waals surface area contributed by atoms with Crippen LogP contribution in [0.15, 0.2) is 64.7 Å². The zero-order chi connectivity index (χ0) is 19.6. The molecule has 5 N–H and O–H groups in total. The highest BCUT2D eigenvalue weighted by atomic mass is 32.2. The second-order valence-corrected chi connectivity index (χ2v) is 7.71. The first-order valence-electron chi connectivity index (χ1n) is 8.09. The van der Waals surface area contributed by atoms with Gasteiger partial charge in [0.1, 0.15) is 0 Å². The van der Waals surface area contributed by atoms with E-state index in [0.717, 1.165) is 16.5 Å². The van der Waals surface area contributed by atoms with E-state index in [9.17, 15) is 8.42 Å². The second-order valence-electron chi connectivity index (χ2n) is 6.03. The van der Waals surface area contributed by atoms with E-state index in [1.165, 1.54) is 0 Å². The minimum atomic E-state index is -3.67. The number of rotatable bonds is 5. The summed E-state index contributed by atoms with van der Waals surface area (Å²) < 4.78 is 29.6. The van der Waals surface area contributed by atoms with Crippen LogP contribution in [0, 0.1) is 5.41 Å². The summed E-state index contributed by atoms with van der Waals surface area (Å²) in [4.78, 5) is 0.196. The molecule has 0 atom stereocenters. The lowest BCUT2D eigenvalue weighted by molar-refractivity contribution is 0.601. The maximum Gasteiger partial charge on any atom is 0.261 e. The van der Waals surface area contributed by atoms with Gasteiger partial charge in [0.2, 0.25) is 5.96 Å². The fraction of sp³-hybridized carbons (Fsp3) is 0.111. The molecule has 9 heteroatoms. The number of guanidine groups is 1. The molecule has 8 nitrogen and oxygen atoms in total. The molecule has 0 spiro atoms. The van der Waals surface area contributed by atoms with Crippen LogP contribution in [0.5, 0.6) is 0 Å². The van der Waals surface area contributed by atoms with Gasteiger partial charge in [0.25, 0.3) is 10.0 Å². The first-order chi connectivity index (χ1) is 12.8. The molecule has 1 heterocycles. The first kappa shape index (κ1) is 18.5. The number of hydrogen-bond acceptors (Lipinski definition) is 4. The number of anilines is 1. The fourth-order valence-electron chi connectivity index (χ4n) is 2.76. The van der Waals surface area contributed by atoms with Gasteiger partial charge in [0.15, 0.2) is 0 Å². The molecule has 140 valence electrons. The number of sulfonamides is 1. The van der Waals surface area contributed by atoms with Crippen LogP contribution in [0.25, 0.3) is 10.9 Å². The quantitative estimate of drug-likeness (QED) is 0.306. The number of aromatic nitrogens is 1. The zero-order valence-corrected chi connectivity index (χ0v) is 15.7. The molecule has 0 aliphatic carbocycles. The van der Waals surface area contributed by atoms with Crippen molar-refractivity contribution in [2.45, 2.75) is 11.8 Å². The molecular formula is C18H20N6O2S. The highest BCUT2D eigenvalue weighted by molar-refractivity contribution is 7.92. The second kappa shape index (κ2) is 7.12. The summed E-state index contributed by atoms with van der Waals surface area (Å²) in [5, 5.41) is 12.1. The summed E-state index contributed by atoms with van der Waals surface area (Å²) in [5.41, 5.74) is 10.5. The third-order valence-electron chi connectivity index (χ3n) is 4.03. The van der Waals surface area contributed by atoms with Crippen LogP contribution in [0.2, 0.25) is 0 Å². The fourth-order valence-corrected chi connectivity index (χ4v) is 3.83. The van der Waals surface area contributed by atoms with Gasteiger partial charge in [-0.15, -0.1) is 0 Å². The van der Waals surface area contributed by atoms with Crippen molar-refractivity contribution in [3.8, 4) is 0 Å². The van der Waals surface area contributed by atoms with Gasteiger partial charge in [-0.2, -0.15) is 5.10 Å². The molecule has 0 aliphatic heterocycles. The van der Waals surface area contributed by atoms with Crippen LogP contribution in [-0.2, 0) is 17.1 Å². The van der Waals surface area contributed by atoms with Crippen LogP contribution in [0.1, 0.15) is 12.5 Å². The zero-order valence-electron chi connectivity index (χ0n) is 14.9. The molecule has 0 bridgehead atoms. The van der Waals surface area contributed by atoms with E-state index in [-0.39, 0.29) is 10.9 Å². The Morgan fingerprint density at radius 3 is 2.56 bits per heavy atom. The number of nitrogens with two attached hydrogens (primary N) is 1. The smallest absolute Gasteiger partial charge is 0.261 e. The Hall–Kier alpha value is -3.33. The standard InChI is InChI=1S/C18H20N6O2S/c1-12(21-22-18(19)20)16-11-24(2)17-9-8-13(10-15(16)17)23-27(25,26)14-6-4-3-5-7-14/h3-11,23H,1-2H3,(H4,19,20,22)/b21-12-. The molecule has 0 aliphatic rings. The normalized spacial score (nSPS) is 12.1. The van der Waals surface area contributed by atoms with E-state index in [1.807, 2.05) is 23.9 Å². The monoisotopic (exact) mass is 384 g/mol. The van der Waals surface area contributed by atoms with E-state index in [0.29, 0.717) is 11.4 Å². The lowest BCUT2D eigenvalue weighted by atomic mass is 10.1. The van der Waals surface area contributed by atoms with Crippen molar-refractivity contribution in [2.75, 3.05) is 4.72 Å². The number of fused-ring (bicyclic) bond motifs is 1. The Kier molecular flexibility index (Phi) is 4.87. The first-order valence-corrected chi connectivity index (χ1v) is 9.58. The summed E-state index contributed by atoms with van der Waals surface area (Å²) in [6.07, 6.45) is 1.89. The van der Waals surface area contributed by atoms with Crippen LogP contribution in [-0.4, -0.2) is 24.7 Å². The van der Waals surface area contributed by atoms with E-state index in [2.05, 4.69) is 15.2 Å². The Balaban J connectivity index is 2.01. The summed E-state index contributed by atoms with van der Waals surface area (Å²) >= 11 is 0. The van der Waals surface area contributed by atoms with Gasteiger partial charge < -0.3 is 10.3 Å². The molecule has 0 radical (unpaired) electrons. The topological polar surface area (TPSA) is 125 Å². The van der Waals surface area contributed by atoms with Crippen molar-refractivity contribution in [1.29, 1.82) is 5.41 Å². The van der Waals surface area contributed by atoms with E-state index >= 15 is 0 Å². The van der Waals surface area contributed by atoms with Crippen LogP contribution < -0.4 is 15.9 Å². The van der Waals surface area contributed by atoms with Crippen molar-refractivity contribution in [2.24, 2.45) is 17.9 Å². The Morgan fingerprint density at radius 2 is 1.89 bits per heavy atom. The highest BCUT2D eigenvalue weighted by Gasteiger charge is 2.15. The summed E-state index contributed by atoms with van der Waals surface area (Å²) in [6, 6.07) is 13.5. The molecular weight excluding hydrogens is 364 g/mol. The predicted molar refractivity (Wildman–Crippen MR) is 107 cm³/mol. The molecule has 2 aromatic carbocycles. The molecule has 3 rings (SSSR count). The summed E-state index contributed by atoms with van der Waals surface area (Å²) in [5.74, 6) is -0.258. The molecule has 0 fully saturated rings. The lowest BCUT2D eigenvalue weighted by Gasteiger charge is -2.09. The SMILES string of the molecule is C/C(=N/NC(=N)N)c1cn(C)c2ccc(NS(=O)(=O)c3ccccc3)cc12. The molecule has 0 saturated carbocycles. The van der Waals surface area contributed by atoms with Crippen LogP contribution in [0.3, 0.4) is 0 Å². The number of nitrogens with zero attached hydrogens (tertiary/aromatic N) is 2. The van der Waals surface area contributed by atoms with Crippen molar-refractivity contribution >= 4 is 38.3 Å². The number of hydrogen-bond donors (Lipinski definition) is 4. The molecule has 0 amide bonds. The van der Waals surface area contributed by atoms with E-state index in [4.69, 9.17) is 11.1 Å². The predicted octanol–water partition coefficient (Wildman–Crippen LogP) is 2.19. The number of aryl methyl sites for hydroxylation is 1. The van der Waals surface area contributed by atoms with Gasteiger partial charge >= 0.3 is 0 Å². The summed E-state index contributed by atoms with van der Waals surface area (Å²) in [6.45, 7) is 1.78. The Labute approximate surface area is 157 Å². The van der Waals surface area contributed by atoms with Crippen LogP contribution in [0.4, 0.5) is 5.69 Å². The average Bonchev–Trinajstić information content (AvgIpc) is 2.96. The highest BCUT2D eigenvalue weighted by Crippen LogP contribution is 2.26. The van der Waals surface area contributed by atoms with Crippen LogP contribution >= 0.6 is 0 Å². The lowest BCUT2D eigenvalue weighted by Crippen LogP contribution is -2.26.